The van der Waals surface area contributed by atoms with Gasteiger partial charge >= 0.3 is 0 Å². The molecule has 114 valence electrons. The van der Waals surface area contributed by atoms with Crippen LogP contribution in [0.3, 0.4) is 0 Å². The van der Waals surface area contributed by atoms with E-state index in [4.69, 9.17) is 5.73 Å². The molecule has 3 heteroatoms. The van der Waals surface area contributed by atoms with E-state index in [0.29, 0.717) is 5.54 Å². The molecule has 4 aliphatic rings. The number of hydrogen-bond donors (Lipinski definition) is 1. The van der Waals surface area contributed by atoms with Gasteiger partial charge in [0.05, 0.1) is 0 Å². The van der Waals surface area contributed by atoms with E-state index in [1.807, 2.05) is 0 Å². The largest absolute Gasteiger partial charge is 0.329 e. The first-order valence-corrected chi connectivity index (χ1v) is 8.88. The molecule has 2 N–H and O–H groups in total. The average Bonchev–Trinajstić information content (AvgIpc) is 3.19. The first-order chi connectivity index (χ1) is 9.73. The smallest absolute Gasteiger partial charge is 0.0496 e. The Labute approximate surface area is 123 Å². The maximum Gasteiger partial charge on any atom is 0.0496 e. The fourth-order valence-electron chi connectivity index (χ4n) is 6.18. The molecule has 20 heavy (non-hydrogen) atoms. The van der Waals surface area contributed by atoms with Gasteiger partial charge in [0.25, 0.3) is 0 Å². The minimum atomic E-state index is 0.290. The van der Waals surface area contributed by atoms with Gasteiger partial charge in [0.2, 0.25) is 0 Å². The SMILES string of the molecule is CN(CC1CC2CCC1C2)C1(CN)CCN2CCCC21. The van der Waals surface area contributed by atoms with Gasteiger partial charge in [-0.15, -0.1) is 0 Å². The zero-order valence-corrected chi connectivity index (χ0v) is 13.1. The van der Waals surface area contributed by atoms with Crippen LogP contribution in [0.25, 0.3) is 0 Å². The zero-order valence-electron chi connectivity index (χ0n) is 13.1. The van der Waals surface area contributed by atoms with Crippen LogP contribution in [-0.2, 0) is 0 Å². The molecule has 0 amide bonds. The minimum Gasteiger partial charge on any atom is -0.329 e. The molecule has 0 aromatic rings. The van der Waals surface area contributed by atoms with E-state index in [2.05, 4.69) is 16.8 Å². The van der Waals surface area contributed by atoms with Crippen LogP contribution in [0.1, 0.15) is 44.9 Å². The van der Waals surface area contributed by atoms with Crippen LogP contribution in [0.4, 0.5) is 0 Å². The Kier molecular flexibility index (Phi) is 3.36. The molecule has 4 rings (SSSR count). The summed E-state index contributed by atoms with van der Waals surface area (Å²) in [5.74, 6) is 3.08. The normalized spacial score (nSPS) is 47.5. The minimum absolute atomic E-state index is 0.290. The zero-order chi connectivity index (χ0) is 13.7. The summed E-state index contributed by atoms with van der Waals surface area (Å²) in [5, 5.41) is 0. The van der Waals surface area contributed by atoms with E-state index in [0.717, 1.165) is 30.3 Å². The predicted octanol–water partition coefficient (Wildman–Crippen LogP) is 1.92. The molecule has 3 nitrogen and oxygen atoms in total. The number of rotatable bonds is 4. The van der Waals surface area contributed by atoms with E-state index >= 15 is 0 Å². The second-order valence-corrected chi connectivity index (χ2v) is 8.07. The van der Waals surface area contributed by atoms with Crippen molar-refractivity contribution in [2.75, 3.05) is 33.2 Å². The molecular weight excluding hydrogens is 246 g/mol. The highest BCUT2D eigenvalue weighted by Crippen LogP contribution is 2.49. The fraction of sp³-hybridized carbons (Fsp3) is 1.00. The van der Waals surface area contributed by atoms with Crippen LogP contribution in [0.2, 0.25) is 0 Å². The Morgan fingerprint density at radius 3 is 2.80 bits per heavy atom. The summed E-state index contributed by atoms with van der Waals surface area (Å²) < 4.78 is 0. The van der Waals surface area contributed by atoms with Crippen LogP contribution >= 0.6 is 0 Å². The summed E-state index contributed by atoms with van der Waals surface area (Å²) in [6.07, 6.45) is 10.1. The standard InChI is InChI=1S/C17H31N3/c1-19(11-15-10-13-4-5-14(15)9-13)17(12-18)6-8-20-7-2-3-16(17)20/h13-16H,2-12,18H2,1H3. The summed E-state index contributed by atoms with van der Waals surface area (Å²) in [6, 6.07) is 0.746. The van der Waals surface area contributed by atoms with Gasteiger partial charge in [-0.05, 0) is 69.9 Å². The quantitative estimate of drug-likeness (QED) is 0.852. The molecule has 4 fully saturated rings. The van der Waals surface area contributed by atoms with Crippen molar-refractivity contribution in [1.82, 2.24) is 9.80 Å². The van der Waals surface area contributed by atoms with Gasteiger partial charge in [-0.3, -0.25) is 9.80 Å². The molecule has 0 spiro atoms. The second-order valence-electron chi connectivity index (χ2n) is 8.07. The number of nitrogens with two attached hydrogens (primary N) is 1. The summed E-state index contributed by atoms with van der Waals surface area (Å²) in [7, 11) is 2.38. The van der Waals surface area contributed by atoms with Gasteiger partial charge in [0, 0.05) is 31.2 Å². The number of hydrogen-bond acceptors (Lipinski definition) is 3. The van der Waals surface area contributed by atoms with Crippen LogP contribution < -0.4 is 5.73 Å². The van der Waals surface area contributed by atoms with Gasteiger partial charge in [-0.1, -0.05) is 6.42 Å². The predicted molar refractivity (Wildman–Crippen MR) is 82.6 cm³/mol. The number of fused-ring (bicyclic) bond motifs is 3. The summed E-state index contributed by atoms with van der Waals surface area (Å²) in [4.78, 5) is 5.42. The summed E-state index contributed by atoms with van der Waals surface area (Å²) in [5.41, 5.74) is 6.60. The van der Waals surface area contributed by atoms with Gasteiger partial charge in [-0.25, -0.2) is 0 Å². The van der Waals surface area contributed by atoms with Gasteiger partial charge < -0.3 is 5.73 Å². The third-order valence-electron chi connectivity index (χ3n) is 7.32. The van der Waals surface area contributed by atoms with Crippen molar-refractivity contribution in [3.05, 3.63) is 0 Å². The highest BCUT2D eigenvalue weighted by molar-refractivity contribution is 5.09. The first-order valence-electron chi connectivity index (χ1n) is 8.88. The van der Waals surface area contributed by atoms with Crippen molar-refractivity contribution < 1.29 is 0 Å². The molecule has 0 aromatic carbocycles. The Bertz CT molecular complexity index is 371. The summed E-state index contributed by atoms with van der Waals surface area (Å²) in [6.45, 7) is 4.76. The Morgan fingerprint density at radius 1 is 1.20 bits per heavy atom. The maximum atomic E-state index is 6.31. The molecule has 5 unspecified atom stereocenters. The lowest BCUT2D eigenvalue weighted by Gasteiger charge is -2.44. The number of nitrogens with zero attached hydrogens (tertiary/aromatic N) is 2. The maximum absolute atomic E-state index is 6.31. The van der Waals surface area contributed by atoms with E-state index in [1.165, 1.54) is 64.6 Å². The number of likely N-dealkylation sites (N-methyl/N-ethyl adjacent to an activating group) is 1. The van der Waals surface area contributed by atoms with Crippen molar-refractivity contribution in [1.29, 1.82) is 0 Å². The molecule has 2 aliphatic carbocycles. The van der Waals surface area contributed by atoms with Crippen LogP contribution in [-0.4, -0.2) is 54.6 Å². The molecule has 0 radical (unpaired) electrons. The molecule has 2 aliphatic heterocycles. The second kappa shape index (κ2) is 4.96. The van der Waals surface area contributed by atoms with Crippen molar-refractivity contribution in [2.45, 2.75) is 56.5 Å². The molecule has 5 atom stereocenters. The lowest BCUT2D eigenvalue weighted by atomic mass is 9.83. The van der Waals surface area contributed by atoms with E-state index in [9.17, 15) is 0 Å². The van der Waals surface area contributed by atoms with Gasteiger partial charge in [-0.2, -0.15) is 0 Å². The average molecular weight is 277 g/mol. The van der Waals surface area contributed by atoms with Gasteiger partial charge in [0.15, 0.2) is 0 Å². The molecule has 2 saturated heterocycles. The van der Waals surface area contributed by atoms with Crippen molar-refractivity contribution in [3.8, 4) is 0 Å². The highest BCUT2D eigenvalue weighted by atomic mass is 15.3. The Morgan fingerprint density at radius 2 is 2.10 bits per heavy atom. The molecule has 2 heterocycles. The molecule has 2 saturated carbocycles. The fourth-order valence-corrected chi connectivity index (χ4v) is 6.18. The van der Waals surface area contributed by atoms with E-state index < -0.39 is 0 Å². The summed E-state index contributed by atoms with van der Waals surface area (Å²) >= 11 is 0. The third kappa shape index (κ3) is 1.89. The van der Waals surface area contributed by atoms with Crippen molar-refractivity contribution >= 4 is 0 Å². The topological polar surface area (TPSA) is 32.5 Å². The molecule has 0 aromatic heterocycles. The monoisotopic (exact) mass is 277 g/mol. The lowest BCUT2D eigenvalue weighted by Crippen LogP contribution is -2.59. The Balaban J connectivity index is 1.47. The van der Waals surface area contributed by atoms with Crippen LogP contribution in [0.15, 0.2) is 0 Å². The van der Waals surface area contributed by atoms with Crippen molar-refractivity contribution in [2.24, 2.45) is 23.5 Å². The van der Waals surface area contributed by atoms with E-state index in [-0.39, 0.29) is 0 Å². The Hall–Kier alpha value is -0.120. The lowest BCUT2D eigenvalue weighted by molar-refractivity contribution is 0.0652. The van der Waals surface area contributed by atoms with Crippen molar-refractivity contribution in [3.63, 3.8) is 0 Å². The third-order valence-corrected chi connectivity index (χ3v) is 7.32. The highest BCUT2D eigenvalue weighted by Gasteiger charge is 2.51. The molecular formula is C17H31N3. The molecule has 2 bridgehead atoms. The van der Waals surface area contributed by atoms with Crippen LogP contribution in [0, 0.1) is 17.8 Å². The van der Waals surface area contributed by atoms with Crippen LogP contribution in [0.5, 0.6) is 0 Å². The van der Waals surface area contributed by atoms with Gasteiger partial charge in [0.1, 0.15) is 0 Å². The van der Waals surface area contributed by atoms with E-state index in [1.54, 1.807) is 0 Å². The first kappa shape index (κ1) is 13.5.